The Kier molecular flexibility index (Phi) is 4.92. The standard InChI is InChI=1S/C13H19NS/c1-10(2)8-12(14)9-15-13-7-5-4-6-11(13)3/h4-7,12H,1,8-9,14H2,2-3H3. The molecule has 0 saturated heterocycles. The summed E-state index contributed by atoms with van der Waals surface area (Å²) in [4.78, 5) is 1.33. The van der Waals surface area contributed by atoms with Gasteiger partial charge in [-0.2, -0.15) is 0 Å². The van der Waals surface area contributed by atoms with E-state index in [0.717, 1.165) is 17.7 Å². The van der Waals surface area contributed by atoms with Crippen LogP contribution in [0.3, 0.4) is 0 Å². The third-order valence-electron chi connectivity index (χ3n) is 2.16. The Bertz CT molecular complexity index is 333. The summed E-state index contributed by atoms with van der Waals surface area (Å²) in [7, 11) is 0. The van der Waals surface area contributed by atoms with Crippen molar-refractivity contribution >= 4 is 11.8 Å². The molecule has 0 spiro atoms. The topological polar surface area (TPSA) is 26.0 Å². The maximum absolute atomic E-state index is 5.99. The zero-order valence-electron chi connectivity index (χ0n) is 9.49. The molecule has 1 rings (SSSR count). The summed E-state index contributed by atoms with van der Waals surface area (Å²) in [5, 5.41) is 0. The molecule has 0 fully saturated rings. The molecule has 1 nitrogen and oxygen atoms in total. The van der Waals surface area contributed by atoms with Crippen molar-refractivity contribution in [3.8, 4) is 0 Å². The van der Waals surface area contributed by atoms with E-state index in [1.807, 2.05) is 18.7 Å². The van der Waals surface area contributed by atoms with Crippen molar-refractivity contribution in [2.45, 2.75) is 31.2 Å². The van der Waals surface area contributed by atoms with Crippen molar-refractivity contribution in [3.63, 3.8) is 0 Å². The van der Waals surface area contributed by atoms with Gasteiger partial charge in [0.05, 0.1) is 0 Å². The van der Waals surface area contributed by atoms with Gasteiger partial charge in [-0.3, -0.25) is 0 Å². The molecule has 1 aromatic carbocycles. The van der Waals surface area contributed by atoms with E-state index in [1.165, 1.54) is 10.5 Å². The van der Waals surface area contributed by atoms with Crippen molar-refractivity contribution in [1.29, 1.82) is 0 Å². The normalized spacial score (nSPS) is 12.5. The van der Waals surface area contributed by atoms with Crippen LogP contribution in [0.15, 0.2) is 41.3 Å². The van der Waals surface area contributed by atoms with Gasteiger partial charge < -0.3 is 5.73 Å². The molecule has 0 amide bonds. The van der Waals surface area contributed by atoms with Gasteiger partial charge in [0.15, 0.2) is 0 Å². The van der Waals surface area contributed by atoms with Crippen LogP contribution in [0.5, 0.6) is 0 Å². The Labute approximate surface area is 96.8 Å². The monoisotopic (exact) mass is 221 g/mol. The summed E-state index contributed by atoms with van der Waals surface area (Å²) in [5.41, 5.74) is 8.48. The van der Waals surface area contributed by atoms with Crippen LogP contribution >= 0.6 is 11.8 Å². The second kappa shape index (κ2) is 5.99. The summed E-state index contributed by atoms with van der Waals surface area (Å²) in [6, 6.07) is 8.62. The van der Waals surface area contributed by atoms with Gasteiger partial charge in [0.25, 0.3) is 0 Å². The van der Waals surface area contributed by atoms with E-state index in [9.17, 15) is 0 Å². The third kappa shape index (κ3) is 4.54. The fraction of sp³-hybridized carbons (Fsp3) is 0.385. The molecule has 82 valence electrons. The van der Waals surface area contributed by atoms with Gasteiger partial charge >= 0.3 is 0 Å². The Hall–Kier alpha value is -0.730. The zero-order chi connectivity index (χ0) is 11.3. The van der Waals surface area contributed by atoms with E-state index in [2.05, 4.69) is 37.8 Å². The zero-order valence-corrected chi connectivity index (χ0v) is 10.3. The van der Waals surface area contributed by atoms with E-state index in [4.69, 9.17) is 5.73 Å². The number of aryl methyl sites for hydroxylation is 1. The maximum atomic E-state index is 5.99. The molecule has 2 N–H and O–H groups in total. The predicted molar refractivity (Wildman–Crippen MR) is 69.3 cm³/mol. The average molecular weight is 221 g/mol. The van der Waals surface area contributed by atoms with Crippen LogP contribution in [0, 0.1) is 6.92 Å². The quantitative estimate of drug-likeness (QED) is 0.609. The molecule has 2 heteroatoms. The van der Waals surface area contributed by atoms with Crippen molar-refractivity contribution in [1.82, 2.24) is 0 Å². The predicted octanol–water partition coefficient (Wildman–Crippen LogP) is 3.38. The Morgan fingerprint density at radius 1 is 1.47 bits per heavy atom. The molecule has 1 atom stereocenters. The fourth-order valence-corrected chi connectivity index (χ4v) is 2.40. The second-order valence-corrected chi connectivity index (χ2v) is 5.06. The van der Waals surface area contributed by atoms with Gasteiger partial charge in [-0.05, 0) is 31.9 Å². The molecule has 0 aliphatic heterocycles. The molecule has 15 heavy (non-hydrogen) atoms. The number of hydrogen-bond donors (Lipinski definition) is 1. The molecular weight excluding hydrogens is 202 g/mol. The molecule has 1 unspecified atom stereocenters. The van der Waals surface area contributed by atoms with E-state index >= 15 is 0 Å². The first kappa shape index (κ1) is 12.3. The van der Waals surface area contributed by atoms with Gasteiger partial charge in [-0.15, -0.1) is 18.3 Å². The van der Waals surface area contributed by atoms with Gasteiger partial charge in [-0.1, -0.05) is 23.8 Å². The van der Waals surface area contributed by atoms with Crippen LogP contribution in [0.4, 0.5) is 0 Å². The minimum absolute atomic E-state index is 0.215. The first-order valence-corrected chi connectivity index (χ1v) is 6.16. The van der Waals surface area contributed by atoms with Crippen molar-refractivity contribution in [3.05, 3.63) is 42.0 Å². The summed E-state index contributed by atoms with van der Waals surface area (Å²) in [6.07, 6.45) is 0.916. The number of nitrogens with two attached hydrogens (primary N) is 1. The highest BCUT2D eigenvalue weighted by molar-refractivity contribution is 7.99. The van der Waals surface area contributed by atoms with Gasteiger partial charge in [-0.25, -0.2) is 0 Å². The number of benzene rings is 1. The lowest BCUT2D eigenvalue weighted by Crippen LogP contribution is -2.22. The highest BCUT2D eigenvalue weighted by Gasteiger charge is 2.04. The SMILES string of the molecule is C=C(C)CC(N)CSc1ccccc1C. The van der Waals surface area contributed by atoms with E-state index in [1.54, 1.807) is 0 Å². The summed E-state index contributed by atoms with van der Waals surface area (Å²) in [6.45, 7) is 8.04. The summed E-state index contributed by atoms with van der Waals surface area (Å²) < 4.78 is 0. The van der Waals surface area contributed by atoms with E-state index in [0.29, 0.717) is 0 Å². The van der Waals surface area contributed by atoms with E-state index in [-0.39, 0.29) is 6.04 Å². The fourth-order valence-electron chi connectivity index (χ4n) is 1.42. The third-order valence-corrected chi connectivity index (χ3v) is 3.52. The van der Waals surface area contributed by atoms with Crippen LogP contribution < -0.4 is 5.73 Å². The molecule has 0 radical (unpaired) electrons. The number of thioether (sulfide) groups is 1. The van der Waals surface area contributed by atoms with E-state index < -0.39 is 0 Å². The highest BCUT2D eigenvalue weighted by Crippen LogP contribution is 2.22. The molecule has 0 heterocycles. The van der Waals surface area contributed by atoms with Crippen molar-refractivity contribution in [2.24, 2.45) is 5.73 Å². The molecule has 0 aliphatic rings. The van der Waals surface area contributed by atoms with Crippen molar-refractivity contribution in [2.75, 3.05) is 5.75 Å². The minimum Gasteiger partial charge on any atom is -0.327 e. The minimum atomic E-state index is 0.215. The Morgan fingerprint density at radius 2 is 2.13 bits per heavy atom. The first-order valence-electron chi connectivity index (χ1n) is 5.18. The smallest absolute Gasteiger partial charge is 0.0171 e. The molecule has 1 aromatic rings. The molecular formula is C13H19NS. The molecule has 0 aromatic heterocycles. The molecule has 0 aliphatic carbocycles. The Balaban J connectivity index is 2.43. The number of rotatable bonds is 5. The highest BCUT2D eigenvalue weighted by atomic mass is 32.2. The lowest BCUT2D eigenvalue weighted by atomic mass is 10.1. The van der Waals surface area contributed by atoms with Crippen molar-refractivity contribution < 1.29 is 0 Å². The largest absolute Gasteiger partial charge is 0.327 e. The van der Waals surface area contributed by atoms with Gasteiger partial charge in [0, 0.05) is 16.7 Å². The lowest BCUT2D eigenvalue weighted by Gasteiger charge is -2.11. The maximum Gasteiger partial charge on any atom is 0.0171 e. The van der Waals surface area contributed by atoms with Crippen LogP contribution in [0.2, 0.25) is 0 Å². The molecule has 0 bridgehead atoms. The molecule has 0 saturated carbocycles. The Morgan fingerprint density at radius 3 is 2.73 bits per heavy atom. The second-order valence-electron chi connectivity index (χ2n) is 4.00. The summed E-state index contributed by atoms with van der Waals surface area (Å²) in [5.74, 6) is 0.956. The van der Waals surface area contributed by atoms with Crippen LogP contribution in [0.25, 0.3) is 0 Å². The first-order chi connectivity index (χ1) is 7.09. The van der Waals surface area contributed by atoms with Gasteiger partial charge in [0.1, 0.15) is 0 Å². The van der Waals surface area contributed by atoms with Gasteiger partial charge in [0.2, 0.25) is 0 Å². The summed E-state index contributed by atoms with van der Waals surface area (Å²) >= 11 is 1.83. The lowest BCUT2D eigenvalue weighted by molar-refractivity contribution is 0.743. The average Bonchev–Trinajstić information content (AvgIpc) is 2.15. The van der Waals surface area contributed by atoms with Crippen LogP contribution in [0.1, 0.15) is 18.9 Å². The van der Waals surface area contributed by atoms with Crippen LogP contribution in [-0.2, 0) is 0 Å². The number of hydrogen-bond acceptors (Lipinski definition) is 2. The van der Waals surface area contributed by atoms with Crippen LogP contribution in [-0.4, -0.2) is 11.8 Å².